The van der Waals surface area contributed by atoms with E-state index in [1.165, 1.54) is 5.19 Å². The van der Waals surface area contributed by atoms with Crippen LogP contribution in [0.4, 0.5) is 5.69 Å². The number of rotatable bonds is 7. The number of nitrogens with zero attached hydrogens (tertiary/aromatic N) is 1. The summed E-state index contributed by atoms with van der Waals surface area (Å²) in [5.41, 5.74) is 1.68. The van der Waals surface area contributed by atoms with Gasteiger partial charge in [0.2, 0.25) is 0 Å². The number of ether oxygens (including phenoxy) is 2. The van der Waals surface area contributed by atoms with E-state index in [-0.39, 0.29) is 30.1 Å². The van der Waals surface area contributed by atoms with Crippen LogP contribution in [0.3, 0.4) is 0 Å². The van der Waals surface area contributed by atoms with E-state index in [4.69, 9.17) is 21.1 Å². The Balaban J connectivity index is 1.61. The van der Waals surface area contributed by atoms with Crippen molar-refractivity contribution in [2.45, 2.75) is 50.2 Å². The quantitative estimate of drug-likeness (QED) is 0.406. The molecule has 3 aromatic rings. The summed E-state index contributed by atoms with van der Waals surface area (Å²) in [7, 11) is -0.527. The van der Waals surface area contributed by atoms with E-state index in [2.05, 4.69) is 32.2 Å². The zero-order chi connectivity index (χ0) is 26.4. The Labute approximate surface area is 225 Å². The molecule has 2 aliphatic heterocycles. The van der Waals surface area contributed by atoms with Crippen molar-refractivity contribution in [3.63, 3.8) is 0 Å². The third-order valence-corrected chi connectivity index (χ3v) is 13.0. The maximum Gasteiger partial charge on any atom is 0.264 e. The zero-order valence-corrected chi connectivity index (χ0v) is 23.5. The summed E-state index contributed by atoms with van der Waals surface area (Å²) in [4.78, 5) is 16.3. The van der Waals surface area contributed by atoms with E-state index in [9.17, 15) is 9.90 Å². The van der Waals surface area contributed by atoms with Gasteiger partial charge in [-0.25, -0.2) is 0 Å². The molecule has 1 saturated heterocycles. The summed E-state index contributed by atoms with van der Waals surface area (Å²) in [6.07, 6.45) is 0.224. The van der Waals surface area contributed by atoms with E-state index >= 15 is 0 Å². The van der Waals surface area contributed by atoms with Crippen molar-refractivity contribution in [2.75, 3.05) is 18.6 Å². The molecular formula is C30H34ClNO4Si. The maximum absolute atomic E-state index is 14.4. The van der Waals surface area contributed by atoms with Crippen LogP contribution >= 0.6 is 11.6 Å². The first-order valence-corrected chi connectivity index (χ1v) is 16.3. The molecule has 0 bridgehead atoms. The van der Waals surface area contributed by atoms with Crippen LogP contribution in [0, 0.1) is 5.92 Å². The highest BCUT2D eigenvalue weighted by molar-refractivity contribution is 6.91. The molecule has 1 N–H and O–H groups in total. The molecule has 0 aliphatic carbocycles. The molecule has 37 heavy (non-hydrogen) atoms. The van der Waals surface area contributed by atoms with Crippen molar-refractivity contribution >= 4 is 36.5 Å². The van der Waals surface area contributed by atoms with Crippen molar-refractivity contribution in [1.29, 1.82) is 0 Å². The number of aliphatic hydroxyl groups excluding tert-OH is 1. The standard InChI is InChI=1S/C30H34ClNO4Si/c1-20-28(37(3,4)24-13-11-23(35-2)12-14-24)27(16-17-33)36-30(20)25-18-22(31)10-15-26(25)32(29(30)34)19-21-8-6-5-7-9-21/h5-15,18,20,27-28,33H,16-17,19H2,1-4H3/t20-,27+,28-,30+/m1/s1. The number of fused-ring (bicyclic) bond motifs is 2. The monoisotopic (exact) mass is 535 g/mol. The lowest BCUT2D eigenvalue weighted by Crippen LogP contribution is -2.51. The molecule has 1 spiro atoms. The molecule has 0 unspecified atom stereocenters. The van der Waals surface area contributed by atoms with Crippen molar-refractivity contribution in [2.24, 2.45) is 5.92 Å². The van der Waals surface area contributed by atoms with Gasteiger partial charge in [-0.1, -0.05) is 79.3 Å². The predicted molar refractivity (Wildman–Crippen MR) is 150 cm³/mol. The van der Waals surface area contributed by atoms with Gasteiger partial charge < -0.3 is 19.5 Å². The third-order valence-electron chi connectivity index (χ3n) is 8.39. The van der Waals surface area contributed by atoms with Crippen LogP contribution in [0.2, 0.25) is 23.7 Å². The molecule has 3 aromatic carbocycles. The maximum atomic E-state index is 14.4. The molecule has 5 rings (SSSR count). The normalized spacial score (nSPS) is 25.1. The number of methoxy groups -OCH3 is 1. The number of carbonyl (C=O) groups excluding carboxylic acids is 1. The van der Waals surface area contributed by atoms with Crippen LogP contribution in [-0.2, 0) is 21.7 Å². The van der Waals surface area contributed by atoms with E-state index < -0.39 is 13.7 Å². The van der Waals surface area contributed by atoms with Crippen LogP contribution in [-0.4, -0.2) is 38.9 Å². The van der Waals surface area contributed by atoms with E-state index in [0.717, 1.165) is 22.6 Å². The van der Waals surface area contributed by atoms with Crippen LogP contribution in [0.25, 0.3) is 0 Å². The largest absolute Gasteiger partial charge is 0.497 e. The Kier molecular flexibility index (Phi) is 6.96. The molecule has 194 valence electrons. The number of aliphatic hydroxyl groups is 1. The second kappa shape index (κ2) is 9.91. The minimum atomic E-state index is -2.19. The highest BCUT2D eigenvalue weighted by Crippen LogP contribution is 2.60. The van der Waals surface area contributed by atoms with Gasteiger partial charge >= 0.3 is 0 Å². The van der Waals surface area contributed by atoms with Gasteiger partial charge in [0.05, 0.1) is 33.5 Å². The smallest absolute Gasteiger partial charge is 0.264 e. The van der Waals surface area contributed by atoms with Crippen LogP contribution in [0.5, 0.6) is 5.75 Å². The lowest BCUT2D eigenvalue weighted by Gasteiger charge is -2.37. The van der Waals surface area contributed by atoms with Crippen LogP contribution in [0.1, 0.15) is 24.5 Å². The van der Waals surface area contributed by atoms with Gasteiger partial charge in [-0.3, -0.25) is 4.79 Å². The fraction of sp³-hybridized carbons (Fsp3) is 0.367. The first kappa shape index (κ1) is 26.0. The van der Waals surface area contributed by atoms with Crippen LogP contribution < -0.4 is 14.8 Å². The molecule has 2 aliphatic rings. The number of anilines is 1. The van der Waals surface area contributed by atoms with Gasteiger partial charge in [-0.2, -0.15) is 0 Å². The molecule has 1 fully saturated rings. The van der Waals surface area contributed by atoms with Gasteiger partial charge in [-0.15, -0.1) is 0 Å². The Bertz CT molecular complexity index is 1280. The second-order valence-corrected chi connectivity index (χ2v) is 15.8. The van der Waals surface area contributed by atoms with Gasteiger partial charge in [0.25, 0.3) is 5.91 Å². The molecule has 5 nitrogen and oxygen atoms in total. The lowest BCUT2D eigenvalue weighted by atomic mass is 9.82. The molecular weight excluding hydrogens is 502 g/mol. The number of hydrogen-bond donors (Lipinski definition) is 1. The molecule has 4 atom stereocenters. The number of halogens is 1. The Morgan fingerprint density at radius 1 is 1.08 bits per heavy atom. The number of amides is 1. The summed E-state index contributed by atoms with van der Waals surface area (Å²) in [5, 5.41) is 11.9. The fourth-order valence-corrected chi connectivity index (χ4v) is 10.8. The molecule has 2 heterocycles. The summed E-state index contributed by atoms with van der Waals surface area (Å²) in [5.74, 6) is 0.656. The Morgan fingerprint density at radius 3 is 2.43 bits per heavy atom. The van der Waals surface area contributed by atoms with Crippen LogP contribution in [0.15, 0.2) is 72.8 Å². The van der Waals surface area contributed by atoms with Gasteiger partial charge in [-0.05, 0) is 47.9 Å². The minimum absolute atomic E-state index is 0.00137. The fourth-order valence-electron chi connectivity index (χ4n) is 6.61. The topological polar surface area (TPSA) is 59.0 Å². The van der Waals surface area contributed by atoms with Crippen molar-refractivity contribution in [1.82, 2.24) is 0 Å². The summed E-state index contributed by atoms with van der Waals surface area (Å²) < 4.78 is 12.3. The van der Waals surface area contributed by atoms with E-state index in [1.807, 2.05) is 65.6 Å². The molecule has 0 radical (unpaired) electrons. The Hall–Kier alpha value is -2.64. The average Bonchev–Trinajstić information content (AvgIpc) is 3.32. The van der Waals surface area contributed by atoms with E-state index in [0.29, 0.717) is 18.0 Å². The summed E-state index contributed by atoms with van der Waals surface area (Å²) >= 11 is 6.51. The summed E-state index contributed by atoms with van der Waals surface area (Å²) in [6, 6.07) is 24.0. The SMILES string of the molecule is COc1ccc([Si](C)(C)[C@H]2[C@H](CCO)O[C@@]3(C(=O)N(Cc4ccccc4)c4ccc(Cl)cc43)[C@@H]2C)cc1. The molecule has 0 saturated carbocycles. The molecule has 7 heteroatoms. The van der Waals surface area contributed by atoms with Crippen molar-refractivity contribution < 1.29 is 19.4 Å². The predicted octanol–water partition coefficient (Wildman–Crippen LogP) is 5.49. The number of benzene rings is 3. The zero-order valence-electron chi connectivity index (χ0n) is 21.8. The number of hydrogen-bond acceptors (Lipinski definition) is 4. The molecule has 1 amide bonds. The van der Waals surface area contributed by atoms with Crippen molar-refractivity contribution in [3.8, 4) is 5.75 Å². The van der Waals surface area contributed by atoms with E-state index in [1.54, 1.807) is 7.11 Å². The lowest BCUT2D eigenvalue weighted by molar-refractivity contribution is -0.146. The first-order valence-electron chi connectivity index (χ1n) is 12.8. The minimum Gasteiger partial charge on any atom is -0.497 e. The van der Waals surface area contributed by atoms with Gasteiger partial charge in [0, 0.05) is 23.1 Å². The third kappa shape index (κ3) is 4.20. The Morgan fingerprint density at radius 2 is 1.78 bits per heavy atom. The highest BCUT2D eigenvalue weighted by atomic mass is 35.5. The molecule has 0 aromatic heterocycles. The first-order chi connectivity index (χ1) is 17.7. The second-order valence-electron chi connectivity index (χ2n) is 10.7. The number of carbonyl (C=O) groups is 1. The van der Waals surface area contributed by atoms with Gasteiger partial charge in [0.1, 0.15) is 5.75 Å². The highest BCUT2D eigenvalue weighted by Gasteiger charge is 2.66. The summed E-state index contributed by atoms with van der Waals surface area (Å²) in [6.45, 7) is 7.28. The van der Waals surface area contributed by atoms with Gasteiger partial charge in [0.15, 0.2) is 5.60 Å². The van der Waals surface area contributed by atoms with Crippen molar-refractivity contribution in [3.05, 3.63) is 88.9 Å². The average molecular weight is 536 g/mol.